The highest BCUT2D eigenvalue weighted by Gasteiger charge is 2.24. The summed E-state index contributed by atoms with van der Waals surface area (Å²) < 4.78 is 16.1. The van der Waals surface area contributed by atoms with Crippen LogP contribution in [0.15, 0.2) is 65.3 Å². The van der Waals surface area contributed by atoms with Gasteiger partial charge in [0.15, 0.2) is 0 Å². The van der Waals surface area contributed by atoms with E-state index in [-0.39, 0.29) is 29.6 Å². The molecule has 0 saturated carbocycles. The number of carboxylic acid groups (broad SMARTS) is 1. The summed E-state index contributed by atoms with van der Waals surface area (Å²) in [6, 6.07) is 11.3. The number of carboxylic acids is 1. The second-order valence-corrected chi connectivity index (χ2v) is 12.8. The molecule has 2 aromatic rings. The van der Waals surface area contributed by atoms with Gasteiger partial charge in [-0.05, 0) is 81.9 Å². The monoisotopic (exact) mass is 589 g/mol. The standard InChI is InChI=1S/C31H41ClFN3O3S/c1-21-8-5-11-28(33)25(21)10-7-17-31(2,3)34-19-23(37)20-36(4)40-24-14-15-26(27(32)18-24)29-12-6-9-22(35-29)13-16-30(38)39/h5-6,8-9,11-12,14-15,18,21,23,25,34,37H,7,10,13,16-17,19-20H2,1-4H3,(H,38,39). The van der Waals surface area contributed by atoms with Crippen LogP contribution in [0.1, 0.15) is 52.1 Å². The number of nitrogens with one attached hydrogen (secondary N) is 1. The normalized spacial score (nSPS) is 18.1. The Hall–Kier alpha value is -2.23. The Labute approximate surface area is 246 Å². The van der Waals surface area contributed by atoms with E-state index in [2.05, 4.69) is 37.1 Å². The molecule has 0 fully saturated rings. The van der Waals surface area contributed by atoms with Gasteiger partial charge in [0.25, 0.3) is 0 Å². The molecule has 0 bridgehead atoms. The summed E-state index contributed by atoms with van der Waals surface area (Å²) in [5.74, 6) is -0.690. The first kappa shape index (κ1) is 32.3. The minimum Gasteiger partial charge on any atom is -0.481 e. The van der Waals surface area contributed by atoms with Crippen LogP contribution in [0.4, 0.5) is 4.39 Å². The minimum absolute atomic E-state index is 0.0218. The Morgan fingerprint density at radius 2 is 2.08 bits per heavy atom. The van der Waals surface area contributed by atoms with Gasteiger partial charge in [-0.2, -0.15) is 0 Å². The predicted octanol–water partition coefficient (Wildman–Crippen LogP) is 6.93. The molecule has 1 aromatic carbocycles. The summed E-state index contributed by atoms with van der Waals surface area (Å²) in [6.07, 6.45) is 7.89. The van der Waals surface area contributed by atoms with E-state index in [9.17, 15) is 14.3 Å². The van der Waals surface area contributed by atoms with Crippen molar-refractivity contribution in [1.29, 1.82) is 0 Å². The highest BCUT2D eigenvalue weighted by molar-refractivity contribution is 7.97. The summed E-state index contributed by atoms with van der Waals surface area (Å²) in [5.41, 5.74) is 2.03. The Balaban J connectivity index is 1.45. The SMILES string of the molecule is CC1C=CC=C(F)C1CCCC(C)(C)NCC(O)CN(C)Sc1ccc(-c2cccc(CCC(=O)O)n2)c(Cl)c1. The molecule has 3 rings (SSSR count). The zero-order chi connectivity index (χ0) is 29.3. The van der Waals surface area contributed by atoms with Gasteiger partial charge >= 0.3 is 5.97 Å². The zero-order valence-corrected chi connectivity index (χ0v) is 25.3. The third-order valence-electron chi connectivity index (χ3n) is 7.14. The first-order valence-corrected chi connectivity index (χ1v) is 14.9. The Bertz CT molecular complexity index is 1210. The molecule has 9 heteroatoms. The third kappa shape index (κ3) is 10.3. The van der Waals surface area contributed by atoms with Gasteiger partial charge in [0.1, 0.15) is 5.83 Å². The molecule has 3 unspecified atom stereocenters. The van der Waals surface area contributed by atoms with Crippen LogP contribution in [0, 0.1) is 11.8 Å². The predicted molar refractivity (Wildman–Crippen MR) is 162 cm³/mol. The number of aliphatic hydroxyl groups is 1. The smallest absolute Gasteiger partial charge is 0.303 e. The topological polar surface area (TPSA) is 85.7 Å². The fourth-order valence-corrected chi connectivity index (χ4v) is 6.07. The van der Waals surface area contributed by atoms with E-state index in [0.717, 1.165) is 29.7 Å². The highest BCUT2D eigenvalue weighted by Crippen LogP contribution is 2.33. The molecular weight excluding hydrogens is 549 g/mol. The first-order chi connectivity index (χ1) is 18.9. The van der Waals surface area contributed by atoms with Gasteiger partial charge in [-0.1, -0.05) is 49.2 Å². The molecule has 1 aliphatic carbocycles. The van der Waals surface area contributed by atoms with Crippen molar-refractivity contribution in [1.82, 2.24) is 14.6 Å². The maximum absolute atomic E-state index is 14.2. The van der Waals surface area contributed by atoms with E-state index in [4.69, 9.17) is 16.7 Å². The first-order valence-electron chi connectivity index (χ1n) is 13.8. The fourth-order valence-electron chi connectivity index (χ4n) is 4.82. The van der Waals surface area contributed by atoms with E-state index < -0.39 is 12.1 Å². The largest absolute Gasteiger partial charge is 0.481 e. The lowest BCUT2D eigenvalue weighted by Crippen LogP contribution is -2.45. The molecule has 1 aliphatic rings. The highest BCUT2D eigenvalue weighted by atomic mass is 35.5. The molecule has 0 amide bonds. The third-order valence-corrected chi connectivity index (χ3v) is 8.38. The molecule has 3 N–H and O–H groups in total. The van der Waals surface area contributed by atoms with E-state index in [1.165, 1.54) is 11.9 Å². The maximum atomic E-state index is 14.2. The van der Waals surface area contributed by atoms with Gasteiger partial charge in [-0.3, -0.25) is 9.78 Å². The number of β-amino-alcohol motifs (C(OH)–C–C–N with tert-alkyl or cyclic N) is 1. The summed E-state index contributed by atoms with van der Waals surface area (Å²) in [6.45, 7) is 7.22. The van der Waals surface area contributed by atoms with Crippen LogP contribution in [0.2, 0.25) is 5.02 Å². The Morgan fingerprint density at radius 3 is 2.77 bits per heavy atom. The number of hydrogen-bond acceptors (Lipinski definition) is 6. The second-order valence-electron chi connectivity index (χ2n) is 11.2. The van der Waals surface area contributed by atoms with Crippen molar-refractivity contribution in [2.75, 3.05) is 20.1 Å². The van der Waals surface area contributed by atoms with Crippen LogP contribution in [-0.2, 0) is 11.2 Å². The van der Waals surface area contributed by atoms with E-state index in [0.29, 0.717) is 35.9 Å². The number of hydrogen-bond donors (Lipinski definition) is 3. The number of aromatic nitrogens is 1. The lowest BCUT2D eigenvalue weighted by Gasteiger charge is -2.30. The maximum Gasteiger partial charge on any atom is 0.303 e. The molecule has 0 saturated heterocycles. The number of likely N-dealkylation sites (N-methyl/N-ethyl adjacent to an activating group) is 1. The lowest BCUT2D eigenvalue weighted by atomic mass is 9.83. The summed E-state index contributed by atoms with van der Waals surface area (Å²) in [7, 11) is 1.93. The molecule has 3 atom stereocenters. The number of halogens is 2. The lowest BCUT2D eigenvalue weighted by molar-refractivity contribution is -0.136. The molecule has 218 valence electrons. The van der Waals surface area contributed by atoms with E-state index in [1.54, 1.807) is 12.2 Å². The van der Waals surface area contributed by atoms with Gasteiger partial charge in [0, 0.05) is 47.1 Å². The molecule has 1 heterocycles. The number of nitrogens with zero attached hydrogens (tertiary/aromatic N) is 2. The van der Waals surface area contributed by atoms with E-state index >= 15 is 0 Å². The van der Waals surface area contributed by atoms with Crippen molar-refractivity contribution in [3.8, 4) is 11.3 Å². The van der Waals surface area contributed by atoms with Crippen molar-refractivity contribution >= 4 is 29.5 Å². The van der Waals surface area contributed by atoms with Crippen LogP contribution in [-0.4, -0.2) is 57.3 Å². The minimum atomic E-state index is -0.853. The average molecular weight is 590 g/mol. The van der Waals surface area contributed by atoms with Gasteiger partial charge in [0.2, 0.25) is 0 Å². The molecule has 0 radical (unpaired) electrons. The quantitative estimate of drug-likeness (QED) is 0.194. The zero-order valence-electron chi connectivity index (χ0n) is 23.7. The van der Waals surface area contributed by atoms with Crippen molar-refractivity contribution in [2.24, 2.45) is 11.8 Å². The molecule has 0 spiro atoms. The van der Waals surface area contributed by atoms with Crippen LogP contribution >= 0.6 is 23.5 Å². The van der Waals surface area contributed by atoms with Gasteiger partial charge in [-0.15, -0.1) is 0 Å². The number of carbonyl (C=O) groups is 1. The molecule has 1 aromatic heterocycles. The second kappa shape index (κ2) is 15.1. The number of rotatable bonds is 15. The van der Waals surface area contributed by atoms with Crippen LogP contribution < -0.4 is 5.32 Å². The van der Waals surface area contributed by atoms with Crippen molar-refractivity contribution < 1.29 is 19.4 Å². The number of benzene rings is 1. The van der Waals surface area contributed by atoms with Crippen LogP contribution in [0.3, 0.4) is 0 Å². The Kier molecular flexibility index (Phi) is 12.2. The number of aliphatic carboxylic acids is 1. The van der Waals surface area contributed by atoms with Crippen molar-refractivity contribution in [3.05, 3.63) is 71.2 Å². The Morgan fingerprint density at radius 1 is 1.30 bits per heavy atom. The molecular formula is C31H41ClFN3O3S. The number of aliphatic hydroxyl groups excluding tert-OH is 1. The number of allylic oxidation sites excluding steroid dienone is 4. The van der Waals surface area contributed by atoms with E-state index in [1.807, 2.05) is 47.8 Å². The molecule has 40 heavy (non-hydrogen) atoms. The fraction of sp³-hybridized carbons (Fsp3) is 0.484. The van der Waals surface area contributed by atoms with Gasteiger partial charge in [0.05, 0.1) is 23.2 Å². The number of aryl methyl sites for hydroxylation is 1. The van der Waals surface area contributed by atoms with Gasteiger partial charge < -0.3 is 15.5 Å². The number of pyridine rings is 1. The average Bonchev–Trinajstić information content (AvgIpc) is 2.88. The molecule has 0 aliphatic heterocycles. The summed E-state index contributed by atoms with van der Waals surface area (Å²) in [5, 5.41) is 23.6. The van der Waals surface area contributed by atoms with Gasteiger partial charge in [-0.25, -0.2) is 8.70 Å². The van der Waals surface area contributed by atoms with Crippen molar-refractivity contribution in [3.63, 3.8) is 0 Å². The van der Waals surface area contributed by atoms with Crippen LogP contribution in [0.25, 0.3) is 11.3 Å². The molecule has 6 nitrogen and oxygen atoms in total. The summed E-state index contributed by atoms with van der Waals surface area (Å²) in [4.78, 5) is 16.4. The van der Waals surface area contributed by atoms with Crippen molar-refractivity contribution in [2.45, 2.75) is 69.4 Å². The summed E-state index contributed by atoms with van der Waals surface area (Å²) >= 11 is 8.08. The van der Waals surface area contributed by atoms with Crippen LogP contribution in [0.5, 0.6) is 0 Å².